The third-order valence-corrected chi connectivity index (χ3v) is 5.10. The highest BCUT2D eigenvalue weighted by Crippen LogP contribution is 2.19. The van der Waals surface area contributed by atoms with E-state index in [1.54, 1.807) is 17.8 Å². The molecule has 2 rings (SSSR count). The zero-order chi connectivity index (χ0) is 16.7. The molecule has 1 aromatic rings. The average Bonchev–Trinajstić information content (AvgIpc) is 3.17. The predicted molar refractivity (Wildman–Crippen MR) is 91.6 cm³/mol. The fourth-order valence-electron chi connectivity index (χ4n) is 2.56. The Morgan fingerprint density at radius 1 is 1.48 bits per heavy atom. The third-order valence-electron chi connectivity index (χ3n) is 3.71. The number of carbonyl (C=O) groups excluding carboxylic acids is 1. The summed E-state index contributed by atoms with van der Waals surface area (Å²) in [6.45, 7) is 5.03. The van der Waals surface area contributed by atoms with Gasteiger partial charge in [0.1, 0.15) is 5.76 Å². The van der Waals surface area contributed by atoms with Crippen LogP contribution in [0.15, 0.2) is 16.5 Å². The molecule has 6 heteroatoms. The molecule has 0 spiro atoms. The summed E-state index contributed by atoms with van der Waals surface area (Å²) in [7, 11) is 0. The second kappa shape index (κ2) is 9.35. The number of ether oxygens (including phenoxy) is 1. The Labute approximate surface area is 142 Å². The first-order chi connectivity index (χ1) is 11.1. The van der Waals surface area contributed by atoms with Crippen LogP contribution in [0, 0.1) is 5.92 Å². The lowest BCUT2D eigenvalue weighted by atomic mass is 10.1. The average molecular weight is 341 g/mol. The Balaban J connectivity index is 1.80. The van der Waals surface area contributed by atoms with Gasteiger partial charge in [-0.3, -0.25) is 4.79 Å². The van der Waals surface area contributed by atoms with E-state index in [9.17, 15) is 9.90 Å². The highest BCUT2D eigenvalue weighted by Gasteiger charge is 2.23. The molecule has 2 atom stereocenters. The van der Waals surface area contributed by atoms with Gasteiger partial charge in [0, 0.05) is 6.61 Å². The Bertz CT molecular complexity index is 483. The van der Waals surface area contributed by atoms with Gasteiger partial charge in [-0.1, -0.05) is 13.8 Å². The first kappa shape index (κ1) is 18.4. The van der Waals surface area contributed by atoms with Crippen LogP contribution in [0.2, 0.25) is 0 Å². The maximum atomic E-state index is 12.2. The van der Waals surface area contributed by atoms with Crippen molar-refractivity contribution < 1.29 is 19.1 Å². The number of rotatable bonds is 9. The second-order valence-electron chi connectivity index (χ2n) is 6.40. The van der Waals surface area contributed by atoms with Crippen molar-refractivity contribution in [3.63, 3.8) is 0 Å². The molecule has 1 aliphatic rings. The fourth-order valence-corrected chi connectivity index (χ4v) is 3.50. The van der Waals surface area contributed by atoms with Crippen molar-refractivity contribution >= 4 is 17.7 Å². The molecule has 2 unspecified atom stereocenters. The molecule has 0 aliphatic carbocycles. The van der Waals surface area contributed by atoms with Crippen molar-refractivity contribution in [1.82, 2.24) is 5.32 Å². The molecular weight excluding hydrogens is 314 g/mol. The van der Waals surface area contributed by atoms with Crippen LogP contribution in [0.4, 0.5) is 0 Å². The first-order valence-electron chi connectivity index (χ1n) is 8.28. The summed E-state index contributed by atoms with van der Waals surface area (Å²) < 4.78 is 11.1. The van der Waals surface area contributed by atoms with Crippen molar-refractivity contribution in [3.05, 3.63) is 23.7 Å². The number of aliphatic hydroxyl groups excluding tert-OH is 1. The summed E-state index contributed by atoms with van der Waals surface area (Å²) in [5.74, 6) is 3.31. The van der Waals surface area contributed by atoms with Gasteiger partial charge in [-0.25, -0.2) is 0 Å². The highest BCUT2D eigenvalue weighted by atomic mass is 32.2. The largest absolute Gasteiger partial charge is 0.455 e. The van der Waals surface area contributed by atoms with Gasteiger partial charge in [-0.05, 0) is 43.1 Å². The normalized spacial score (nSPS) is 19.2. The van der Waals surface area contributed by atoms with Crippen molar-refractivity contribution in [3.8, 4) is 0 Å². The van der Waals surface area contributed by atoms with Crippen LogP contribution >= 0.6 is 11.8 Å². The molecule has 1 aromatic heterocycles. The van der Waals surface area contributed by atoms with Gasteiger partial charge < -0.3 is 19.6 Å². The fraction of sp³-hybridized carbons (Fsp3) is 0.706. The predicted octanol–water partition coefficient (Wildman–Crippen LogP) is 2.83. The Hall–Kier alpha value is -0.980. The van der Waals surface area contributed by atoms with Crippen LogP contribution in [0.1, 0.15) is 49.4 Å². The quantitative estimate of drug-likeness (QED) is 0.723. The molecule has 0 saturated carbocycles. The zero-order valence-corrected chi connectivity index (χ0v) is 14.7. The molecule has 2 heterocycles. The van der Waals surface area contributed by atoms with Crippen LogP contribution in [0.25, 0.3) is 0 Å². The SMILES string of the molecule is CC(C)CSCc1ccc(C(=O)NC(CO)CC2CCCO2)o1. The minimum atomic E-state index is -0.297. The van der Waals surface area contributed by atoms with Gasteiger partial charge in [0.25, 0.3) is 5.91 Å². The maximum absolute atomic E-state index is 12.2. The summed E-state index contributed by atoms with van der Waals surface area (Å²) in [5, 5.41) is 12.3. The topological polar surface area (TPSA) is 71.7 Å². The zero-order valence-electron chi connectivity index (χ0n) is 13.9. The summed E-state index contributed by atoms with van der Waals surface area (Å²) >= 11 is 1.80. The van der Waals surface area contributed by atoms with E-state index in [2.05, 4.69) is 19.2 Å². The third kappa shape index (κ3) is 6.20. The minimum Gasteiger partial charge on any atom is -0.455 e. The molecule has 2 N–H and O–H groups in total. The number of carbonyl (C=O) groups is 1. The van der Waals surface area contributed by atoms with Gasteiger partial charge in [-0.15, -0.1) is 0 Å². The van der Waals surface area contributed by atoms with Crippen LogP contribution in [-0.4, -0.2) is 42.1 Å². The molecule has 1 aliphatic heterocycles. The molecule has 0 bridgehead atoms. The lowest BCUT2D eigenvalue weighted by molar-refractivity contribution is 0.0741. The lowest BCUT2D eigenvalue weighted by Gasteiger charge is -2.19. The summed E-state index contributed by atoms with van der Waals surface area (Å²) in [6.07, 6.45) is 2.81. The van der Waals surface area contributed by atoms with Gasteiger partial charge >= 0.3 is 0 Å². The van der Waals surface area contributed by atoms with Crippen molar-refractivity contribution in [1.29, 1.82) is 0 Å². The first-order valence-corrected chi connectivity index (χ1v) is 9.43. The number of furan rings is 1. The van der Waals surface area contributed by atoms with E-state index >= 15 is 0 Å². The number of amides is 1. The van der Waals surface area contributed by atoms with E-state index in [1.165, 1.54) is 0 Å². The number of nitrogens with one attached hydrogen (secondary N) is 1. The monoisotopic (exact) mass is 341 g/mol. The van der Waals surface area contributed by atoms with E-state index < -0.39 is 0 Å². The Morgan fingerprint density at radius 3 is 2.96 bits per heavy atom. The Morgan fingerprint density at radius 2 is 2.30 bits per heavy atom. The molecule has 0 radical (unpaired) electrons. The van der Waals surface area contributed by atoms with E-state index in [-0.39, 0.29) is 24.7 Å². The second-order valence-corrected chi connectivity index (χ2v) is 7.43. The van der Waals surface area contributed by atoms with E-state index in [1.807, 2.05) is 6.07 Å². The van der Waals surface area contributed by atoms with E-state index in [0.29, 0.717) is 18.1 Å². The number of hydrogen-bond donors (Lipinski definition) is 2. The Kier molecular flexibility index (Phi) is 7.46. The number of thioether (sulfide) groups is 1. The lowest BCUT2D eigenvalue weighted by Crippen LogP contribution is -2.39. The van der Waals surface area contributed by atoms with Crippen LogP contribution in [0.3, 0.4) is 0 Å². The van der Waals surface area contributed by atoms with Gasteiger partial charge in [0.15, 0.2) is 5.76 Å². The summed E-state index contributed by atoms with van der Waals surface area (Å²) in [4.78, 5) is 12.2. The molecule has 5 nitrogen and oxygen atoms in total. The van der Waals surface area contributed by atoms with Crippen molar-refractivity contribution in [2.75, 3.05) is 19.0 Å². The molecule has 23 heavy (non-hydrogen) atoms. The van der Waals surface area contributed by atoms with Crippen molar-refractivity contribution in [2.24, 2.45) is 5.92 Å². The number of hydrogen-bond acceptors (Lipinski definition) is 5. The molecule has 1 amide bonds. The number of aliphatic hydroxyl groups is 1. The smallest absolute Gasteiger partial charge is 0.287 e. The molecule has 0 aromatic carbocycles. The summed E-state index contributed by atoms with van der Waals surface area (Å²) in [6, 6.07) is 3.24. The van der Waals surface area contributed by atoms with E-state index in [4.69, 9.17) is 9.15 Å². The molecule has 1 saturated heterocycles. The van der Waals surface area contributed by atoms with E-state index in [0.717, 1.165) is 36.7 Å². The maximum Gasteiger partial charge on any atom is 0.287 e. The van der Waals surface area contributed by atoms with Gasteiger partial charge in [0.2, 0.25) is 0 Å². The summed E-state index contributed by atoms with van der Waals surface area (Å²) in [5.41, 5.74) is 0. The van der Waals surface area contributed by atoms with Crippen LogP contribution in [-0.2, 0) is 10.5 Å². The standard InChI is InChI=1S/C17H27NO4S/c1-12(2)10-23-11-15-5-6-16(22-15)17(20)18-13(9-19)8-14-4-3-7-21-14/h5-6,12-14,19H,3-4,7-11H2,1-2H3,(H,18,20). The van der Waals surface area contributed by atoms with Crippen molar-refractivity contribution in [2.45, 2.75) is 51.0 Å². The van der Waals surface area contributed by atoms with Gasteiger partial charge in [0.05, 0.1) is 24.5 Å². The van der Waals surface area contributed by atoms with Gasteiger partial charge in [-0.2, -0.15) is 11.8 Å². The minimum absolute atomic E-state index is 0.0938. The van der Waals surface area contributed by atoms with Crippen LogP contribution in [0.5, 0.6) is 0 Å². The molecular formula is C17H27NO4S. The molecule has 130 valence electrons. The molecule has 1 fully saturated rings. The van der Waals surface area contributed by atoms with Crippen LogP contribution < -0.4 is 5.32 Å². The highest BCUT2D eigenvalue weighted by molar-refractivity contribution is 7.98.